The van der Waals surface area contributed by atoms with Gasteiger partial charge < -0.3 is 19.7 Å². The fourth-order valence-corrected chi connectivity index (χ4v) is 2.93. The van der Waals surface area contributed by atoms with E-state index in [1.165, 1.54) is 18.3 Å². The standard InChI is InChI=1S/C20H24FN7O3/c1-20(2,3)31-19(29)28-8-6-15(7-9-28)30-17-5-4-14(10-16(17)21)23-12-13(11-22)18-24-26-27-25-18/h4-5,10,12,15,23H,6-9H2,1-3H3,(H,24,25,26,27). The number of tetrazole rings is 1. The van der Waals surface area contributed by atoms with Crippen LogP contribution in [0, 0.1) is 17.1 Å². The number of hydrogen-bond acceptors (Lipinski definition) is 8. The average Bonchev–Trinajstić information content (AvgIpc) is 3.24. The second kappa shape index (κ2) is 9.42. The second-order valence-electron chi connectivity index (χ2n) is 7.98. The number of carbonyl (C=O) groups is 1. The summed E-state index contributed by atoms with van der Waals surface area (Å²) in [6.45, 7) is 6.44. The molecule has 0 atom stereocenters. The first-order chi connectivity index (χ1) is 14.7. The number of carbonyl (C=O) groups excluding carboxylic acids is 1. The number of nitriles is 1. The summed E-state index contributed by atoms with van der Waals surface area (Å²) in [5.74, 6) is -0.275. The molecule has 0 saturated carbocycles. The van der Waals surface area contributed by atoms with Crippen LogP contribution in [0.5, 0.6) is 5.75 Å². The molecule has 2 N–H and O–H groups in total. The van der Waals surface area contributed by atoms with Gasteiger partial charge >= 0.3 is 6.09 Å². The smallest absolute Gasteiger partial charge is 0.410 e. The number of anilines is 1. The molecule has 1 aliphatic rings. The molecule has 1 aromatic heterocycles. The molecule has 1 saturated heterocycles. The lowest BCUT2D eigenvalue weighted by atomic mass is 10.1. The number of nitrogens with zero attached hydrogens (tertiary/aromatic N) is 5. The van der Waals surface area contributed by atoms with Gasteiger partial charge in [-0.1, -0.05) is 0 Å². The van der Waals surface area contributed by atoms with E-state index in [0.717, 1.165) is 0 Å². The van der Waals surface area contributed by atoms with Crippen molar-refractivity contribution in [3.63, 3.8) is 0 Å². The number of amides is 1. The summed E-state index contributed by atoms with van der Waals surface area (Å²) in [7, 11) is 0. The highest BCUT2D eigenvalue weighted by Crippen LogP contribution is 2.26. The van der Waals surface area contributed by atoms with Gasteiger partial charge in [-0.2, -0.15) is 10.5 Å². The summed E-state index contributed by atoms with van der Waals surface area (Å²) in [4.78, 5) is 13.8. The number of H-pyrrole nitrogens is 1. The van der Waals surface area contributed by atoms with Crippen LogP contribution in [0.1, 0.15) is 39.4 Å². The van der Waals surface area contributed by atoms with Crippen LogP contribution in [0.25, 0.3) is 5.57 Å². The molecule has 0 radical (unpaired) electrons. The van der Waals surface area contributed by atoms with Gasteiger partial charge in [0.15, 0.2) is 11.6 Å². The summed E-state index contributed by atoms with van der Waals surface area (Å²) in [6, 6.07) is 6.36. The van der Waals surface area contributed by atoms with Crippen molar-refractivity contribution in [2.75, 3.05) is 18.4 Å². The van der Waals surface area contributed by atoms with E-state index < -0.39 is 11.4 Å². The van der Waals surface area contributed by atoms with E-state index >= 15 is 0 Å². The molecule has 1 aromatic carbocycles. The topological polar surface area (TPSA) is 129 Å². The number of piperidine rings is 1. The van der Waals surface area contributed by atoms with Crippen molar-refractivity contribution in [2.45, 2.75) is 45.3 Å². The molecule has 164 valence electrons. The number of benzene rings is 1. The third-order valence-electron chi connectivity index (χ3n) is 4.41. The molecule has 0 spiro atoms. The highest BCUT2D eigenvalue weighted by molar-refractivity contribution is 5.74. The van der Waals surface area contributed by atoms with E-state index in [9.17, 15) is 9.18 Å². The van der Waals surface area contributed by atoms with Crippen LogP contribution in [0.2, 0.25) is 0 Å². The average molecular weight is 429 g/mol. The molecule has 0 unspecified atom stereocenters. The van der Waals surface area contributed by atoms with Gasteiger partial charge in [0.25, 0.3) is 0 Å². The predicted molar refractivity (Wildman–Crippen MR) is 109 cm³/mol. The number of ether oxygens (including phenoxy) is 2. The van der Waals surface area contributed by atoms with Gasteiger partial charge in [0.2, 0.25) is 5.82 Å². The monoisotopic (exact) mass is 429 g/mol. The summed E-state index contributed by atoms with van der Waals surface area (Å²) in [5.41, 5.74) is 0.0324. The third kappa shape index (κ3) is 6.15. The molecule has 0 aliphatic carbocycles. The molecular weight excluding hydrogens is 405 g/mol. The van der Waals surface area contributed by atoms with Gasteiger partial charge in [-0.05, 0) is 38.1 Å². The highest BCUT2D eigenvalue weighted by atomic mass is 19.1. The molecule has 1 fully saturated rings. The lowest BCUT2D eigenvalue weighted by Crippen LogP contribution is -2.44. The second-order valence-corrected chi connectivity index (χ2v) is 7.98. The lowest BCUT2D eigenvalue weighted by Gasteiger charge is -2.33. The van der Waals surface area contributed by atoms with Gasteiger partial charge in [0, 0.05) is 43.9 Å². The van der Waals surface area contributed by atoms with E-state index in [4.69, 9.17) is 14.7 Å². The van der Waals surface area contributed by atoms with Crippen molar-refractivity contribution in [3.8, 4) is 11.8 Å². The maximum atomic E-state index is 14.5. The molecular formula is C20H24FN7O3. The number of aromatic amines is 1. The zero-order valence-corrected chi connectivity index (χ0v) is 17.6. The summed E-state index contributed by atoms with van der Waals surface area (Å²) in [6.07, 6.45) is 1.98. The van der Waals surface area contributed by atoms with Crippen LogP contribution in [0.3, 0.4) is 0 Å². The molecule has 11 heteroatoms. The number of allylic oxidation sites excluding steroid dienone is 1. The van der Waals surface area contributed by atoms with E-state index in [0.29, 0.717) is 31.6 Å². The fourth-order valence-electron chi connectivity index (χ4n) is 2.93. The summed E-state index contributed by atoms with van der Waals surface area (Å²) in [5, 5.41) is 25.1. The quantitative estimate of drug-likeness (QED) is 0.694. The van der Waals surface area contributed by atoms with E-state index in [1.807, 2.05) is 26.8 Å². The van der Waals surface area contributed by atoms with Crippen molar-refractivity contribution in [1.29, 1.82) is 5.26 Å². The van der Waals surface area contributed by atoms with Crippen LogP contribution >= 0.6 is 0 Å². The third-order valence-corrected chi connectivity index (χ3v) is 4.41. The van der Waals surface area contributed by atoms with Crippen LogP contribution < -0.4 is 10.1 Å². The lowest BCUT2D eigenvalue weighted by molar-refractivity contribution is 0.0123. The Bertz CT molecular complexity index is 972. The predicted octanol–water partition coefficient (Wildman–Crippen LogP) is 3.09. The van der Waals surface area contributed by atoms with Crippen LogP contribution in [0.4, 0.5) is 14.9 Å². The summed E-state index contributed by atoms with van der Waals surface area (Å²) >= 11 is 0. The Morgan fingerprint density at radius 2 is 2.13 bits per heavy atom. The first-order valence-electron chi connectivity index (χ1n) is 9.80. The highest BCUT2D eigenvalue weighted by Gasteiger charge is 2.28. The van der Waals surface area contributed by atoms with E-state index in [2.05, 4.69) is 25.9 Å². The first kappa shape index (κ1) is 22.0. The zero-order chi connectivity index (χ0) is 22.4. The Balaban J connectivity index is 1.54. The Morgan fingerprint density at radius 3 is 2.71 bits per heavy atom. The Kier molecular flexibility index (Phi) is 6.69. The Hall–Kier alpha value is -3.68. The van der Waals surface area contributed by atoms with Crippen molar-refractivity contribution >= 4 is 17.4 Å². The maximum Gasteiger partial charge on any atom is 0.410 e. The maximum absolute atomic E-state index is 14.5. The van der Waals surface area contributed by atoms with Gasteiger partial charge in [-0.3, -0.25) is 0 Å². The Morgan fingerprint density at radius 1 is 1.39 bits per heavy atom. The fraction of sp³-hybridized carbons (Fsp3) is 0.450. The number of aromatic nitrogens is 4. The van der Waals surface area contributed by atoms with Crippen molar-refractivity contribution in [2.24, 2.45) is 0 Å². The summed E-state index contributed by atoms with van der Waals surface area (Å²) < 4.78 is 25.7. The number of rotatable bonds is 5. The first-order valence-corrected chi connectivity index (χ1v) is 9.80. The molecule has 1 aliphatic heterocycles. The minimum Gasteiger partial charge on any atom is -0.487 e. The van der Waals surface area contributed by atoms with Gasteiger partial charge in [-0.25, -0.2) is 9.18 Å². The molecule has 31 heavy (non-hydrogen) atoms. The number of hydrogen-bond donors (Lipinski definition) is 2. The number of likely N-dealkylation sites (tertiary alicyclic amines) is 1. The SMILES string of the molecule is CC(C)(C)OC(=O)N1CCC(Oc2ccc(NC=C(C#N)c3nn[nH]n3)cc2F)CC1. The minimum atomic E-state index is -0.544. The van der Waals surface area contributed by atoms with Crippen molar-refractivity contribution in [1.82, 2.24) is 25.5 Å². The van der Waals surface area contributed by atoms with Crippen molar-refractivity contribution in [3.05, 3.63) is 36.0 Å². The molecule has 0 bridgehead atoms. The number of halogens is 1. The van der Waals surface area contributed by atoms with E-state index in [1.54, 1.807) is 11.0 Å². The van der Waals surface area contributed by atoms with Gasteiger partial charge in [0.05, 0.1) is 0 Å². The molecule has 1 amide bonds. The van der Waals surface area contributed by atoms with Crippen LogP contribution in [-0.4, -0.2) is 56.4 Å². The van der Waals surface area contributed by atoms with Crippen LogP contribution in [-0.2, 0) is 4.74 Å². The zero-order valence-electron chi connectivity index (χ0n) is 17.6. The molecule has 3 rings (SSSR count). The van der Waals surface area contributed by atoms with Gasteiger partial charge in [0.1, 0.15) is 23.3 Å². The van der Waals surface area contributed by atoms with E-state index in [-0.39, 0.29) is 29.3 Å². The van der Waals surface area contributed by atoms with Gasteiger partial charge in [-0.15, -0.1) is 10.2 Å². The largest absolute Gasteiger partial charge is 0.487 e. The molecule has 10 nitrogen and oxygen atoms in total. The molecule has 2 heterocycles. The minimum absolute atomic E-state index is 0.129. The van der Waals surface area contributed by atoms with Crippen molar-refractivity contribution < 1.29 is 18.7 Å². The number of nitrogens with one attached hydrogen (secondary N) is 2. The Labute approximate surface area is 179 Å². The van der Waals surface area contributed by atoms with Crippen LogP contribution in [0.15, 0.2) is 24.4 Å². The molecule has 2 aromatic rings. The normalized spacial score (nSPS) is 15.3.